The van der Waals surface area contributed by atoms with Gasteiger partial charge in [-0.2, -0.15) is 0 Å². The Bertz CT molecular complexity index is 921. The van der Waals surface area contributed by atoms with Crippen molar-refractivity contribution in [3.05, 3.63) is 64.2 Å². The van der Waals surface area contributed by atoms with Gasteiger partial charge in [0, 0.05) is 0 Å². The summed E-state index contributed by atoms with van der Waals surface area (Å²) in [5, 5.41) is 3.33. The van der Waals surface area contributed by atoms with Crippen molar-refractivity contribution in [1.82, 2.24) is 5.32 Å². The van der Waals surface area contributed by atoms with E-state index in [1.165, 1.54) is 12.1 Å². The minimum absolute atomic E-state index is 0.0797. The van der Waals surface area contributed by atoms with E-state index in [0.29, 0.717) is 5.69 Å². The number of anilines is 1. The molecule has 0 aromatic heterocycles. The third kappa shape index (κ3) is 3.13. The molecule has 0 spiro atoms. The first-order valence-corrected chi connectivity index (χ1v) is 8.94. The SMILES string of the molecule is CC(C)c1cccc(C(C)C)c1N(N)C(=O)c1cccc2c1C(=O)NC2=O. The average Bonchev–Trinajstić information content (AvgIpc) is 2.94. The van der Waals surface area contributed by atoms with Crippen molar-refractivity contribution in [2.75, 3.05) is 5.01 Å². The van der Waals surface area contributed by atoms with Gasteiger partial charge in [-0.15, -0.1) is 0 Å². The maximum Gasteiger partial charge on any atom is 0.273 e. The standard InChI is InChI=1S/C21H23N3O3/c1-11(2)13-7-5-8-14(12(3)4)18(13)24(22)21(27)16-10-6-9-15-17(16)20(26)23-19(15)25/h5-12H,22H2,1-4H3,(H,23,25,26). The Balaban J connectivity index is 2.14. The predicted molar refractivity (Wildman–Crippen MR) is 104 cm³/mol. The van der Waals surface area contributed by atoms with Crippen LogP contribution in [0.25, 0.3) is 0 Å². The zero-order valence-corrected chi connectivity index (χ0v) is 15.9. The first kappa shape index (κ1) is 18.8. The topological polar surface area (TPSA) is 92.5 Å². The smallest absolute Gasteiger partial charge is 0.273 e. The lowest BCUT2D eigenvalue weighted by Gasteiger charge is -2.26. The quantitative estimate of drug-likeness (QED) is 0.376. The number of hydrazine groups is 1. The summed E-state index contributed by atoms with van der Waals surface area (Å²) in [5.41, 5.74) is 2.94. The molecule has 0 aliphatic carbocycles. The number of nitrogens with zero attached hydrogens (tertiary/aromatic N) is 1. The van der Waals surface area contributed by atoms with Gasteiger partial charge in [-0.3, -0.25) is 19.7 Å². The second-order valence-electron chi connectivity index (χ2n) is 7.28. The van der Waals surface area contributed by atoms with Crippen molar-refractivity contribution in [1.29, 1.82) is 0 Å². The Morgan fingerprint density at radius 1 is 0.926 bits per heavy atom. The summed E-state index contributed by atoms with van der Waals surface area (Å²) < 4.78 is 0. The number of carbonyl (C=O) groups excluding carboxylic acids is 3. The molecule has 3 N–H and O–H groups in total. The fourth-order valence-electron chi connectivity index (χ4n) is 3.42. The highest BCUT2D eigenvalue weighted by Gasteiger charge is 2.33. The molecule has 0 saturated carbocycles. The van der Waals surface area contributed by atoms with Crippen molar-refractivity contribution in [2.45, 2.75) is 39.5 Å². The lowest BCUT2D eigenvalue weighted by molar-refractivity contribution is 0.0874. The van der Waals surface area contributed by atoms with Crippen molar-refractivity contribution >= 4 is 23.4 Å². The van der Waals surface area contributed by atoms with Crippen LogP contribution in [0.3, 0.4) is 0 Å². The van der Waals surface area contributed by atoms with Crippen LogP contribution < -0.4 is 16.2 Å². The second kappa shape index (κ2) is 6.96. The van der Waals surface area contributed by atoms with Gasteiger partial charge in [0.2, 0.25) is 0 Å². The maximum atomic E-state index is 13.2. The Morgan fingerprint density at radius 3 is 2.04 bits per heavy atom. The molecule has 1 heterocycles. The number of amides is 3. The molecular formula is C21H23N3O3. The molecule has 0 fully saturated rings. The van der Waals surface area contributed by atoms with Crippen LogP contribution in [0, 0.1) is 0 Å². The van der Waals surface area contributed by atoms with Crippen LogP contribution in [0.1, 0.15) is 81.7 Å². The second-order valence-corrected chi connectivity index (χ2v) is 7.28. The summed E-state index contributed by atoms with van der Waals surface area (Å²) in [4.78, 5) is 37.3. The normalized spacial score (nSPS) is 13.1. The van der Waals surface area contributed by atoms with Crippen LogP contribution in [0.2, 0.25) is 0 Å². The van der Waals surface area contributed by atoms with Gasteiger partial charge in [0.15, 0.2) is 0 Å². The summed E-state index contributed by atoms with van der Waals surface area (Å²) in [6, 6.07) is 10.5. The number of benzene rings is 2. The van der Waals surface area contributed by atoms with E-state index in [0.717, 1.165) is 16.1 Å². The van der Waals surface area contributed by atoms with Crippen molar-refractivity contribution in [2.24, 2.45) is 5.84 Å². The molecule has 0 atom stereocenters. The molecule has 27 heavy (non-hydrogen) atoms. The highest BCUT2D eigenvalue weighted by atomic mass is 16.2. The number of nitrogens with one attached hydrogen (secondary N) is 1. The zero-order valence-electron chi connectivity index (χ0n) is 15.9. The number of fused-ring (bicyclic) bond motifs is 1. The monoisotopic (exact) mass is 365 g/mol. The molecule has 2 aromatic rings. The van der Waals surface area contributed by atoms with Gasteiger partial charge in [-0.1, -0.05) is 52.0 Å². The number of carbonyl (C=O) groups is 3. The number of rotatable bonds is 4. The summed E-state index contributed by atoms with van der Waals surface area (Å²) in [5.74, 6) is 5.00. The van der Waals surface area contributed by atoms with E-state index >= 15 is 0 Å². The molecule has 6 nitrogen and oxygen atoms in total. The van der Waals surface area contributed by atoms with Crippen molar-refractivity contribution in [3.63, 3.8) is 0 Å². The molecule has 1 aliphatic heterocycles. The Labute approximate surface area is 158 Å². The fourth-order valence-corrected chi connectivity index (χ4v) is 3.42. The van der Waals surface area contributed by atoms with Crippen LogP contribution in [0.4, 0.5) is 5.69 Å². The average molecular weight is 365 g/mol. The Morgan fingerprint density at radius 2 is 1.48 bits per heavy atom. The van der Waals surface area contributed by atoms with E-state index in [-0.39, 0.29) is 28.5 Å². The van der Waals surface area contributed by atoms with Gasteiger partial charge < -0.3 is 0 Å². The molecule has 1 aliphatic rings. The lowest BCUT2D eigenvalue weighted by atomic mass is 9.92. The molecule has 0 radical (unpaired) electrons. The molecule has 0 saturated heterocycles. The summed E-state index contributed by atoms with van der Waals surface area (Å²) in [7, 11) is 0. The number of nitrogens with two attached hydrogens (primary N) is 1. The number of para-hydroxylation sites is 1. The number of hydrogen-bond acceptors (Lipinski definition) is 4. The van der Waals surface area contributed by atoms with Gasteiger partial charge in [-0.05, 0) is 35.1 Å². The van der Waals surface area contributed by atoms with Crippen molar-refractivity contribution in [3.8, 4) is 0 Å². The number of hydrogen-bond donors (Lipinski definition) is 2. The van der Waals surface area contributed by atoms with Crippen LogP contribution in [-0.2, 0) is 0 Å². The van der Waals surface area contributed by atoms with Gasteiger partial charge in [0.1, 0.15) is 0 Å². The van der Waals surface area contributed by atoms with E-state index in [9.17, 15) is 14.4 Å². The molecule has 3 rings (SSSR count). The highest BCUT2D eigenvalue weighted by molar-refractivity contribution is 6.26. The Kier molecular flexibility index (Phi) is 4.85. The van der Waals surface area contributed by atoms with Crippen LogP contribution in [0.15, 0.2) is 36.4 Å². The van der Waals surface area contributed by atoms with E-state index in [4.69, 9.17) is 5.84 Å². The summed E-state index contributed by atoms with van der Waals surface area (Å²) in [6.45, 7) is 8.14. The molecule has 140 valence electrons. The molecule has 2 aromatic carbocycles. The van der Waals surface area contributed by atoms with Gasteiger partial charge in [0.05, 0.1) is 22.4 Å². The van der Waals surface area contributed by atoms with Gasteiger partial charge in [0.25, 0.3) is 17.7 Å². The molecule has 0 bridgehead atoms. The molecule has 0 unspecified atom stereocenters. The van der Waals surface area contributed by atoms with Crippen molar-refractivity contribution < 1.29 is 14.4 Å². The lowest BCUT2D eigenvalue weighted by Crippen LogP contribution is -2.40. The number of imide groups is 1. The third-order valence-corrected chi connectivity index (χ3v) is 4.80. The van der Waals surface area contributed by atoms with E-state index in [2.05, 4.69) is 5.32 Å². The molecular weight excluding hydrogens is 342 g/mol. The summed E-state index contributed by atoms with van der Waals surface area (Å²) >= 11 is 0. The maximum absolute atomic E-state index is 13.2. The molecule has 6 heteroatoms. The van der Waals surface area contributed by atoms with Crippen LogP contribution in [0.5, 0.6) is 0 Å². The minimum Gasteiger partial charge on any atom is -0.288 e. The zero-order chi connectivity index (χ0) is 19.9. The van der Waals surface area contributed by atoms with E-state index in [1.54, 1.807) is 6.07 Å². The predicted octanol–water partition coefficient (Wildman–Crippen LogP) is 3.34. The largest absolute Gasteiger partial charge is 0.288 e. The highest BCUT2D eigenvalue weighted by Crippen LogP contribution is 2.35. The Hall–Kier alpha value is -2.99. The van der Waals surface area contributed by atoms with E-state index < -0.39 is 17.7 Å². The first-order valence-electron chi connectivity index (χ1n) is 8.94. The van der Waals surface area contributed by atoms with Crippen LogP contribution >= 0.6 is 0 Å². The van der Waals surface area contributed by atoms with E-state index in [1.807, 2.05) is 45.9 Å². The summed E-state index contributed by atoms with van der Waals surface area (Å²) in [6.07, 6.45) is 0. The fraction of sp³-hybridized carbons (Fsp3) is 0.286. The minimum atomic E-state index is -0.575. The van der Waals surface area contributed by atoms with Gasteiger partial charge >= 0.3 is 0 Å². The molecule has 3 amide bonds. The van der Waals surface area contributed by atoms with Crippen LogP contribution in [-0.4, -0.2) is 17.7 Å². The van der Waals surface area contributed by atoms with Gasteiger partial charge in [-0.25, -0.2) is 10.9 Å². The third-order valence-electron chi connectivity index (χ3n) is 4.80. The first-order chi connectivity index (χ1) is 12.7.